The van der Waals surface area contributed by atoms with Crippen LogP contribution in [0.3, 0.4) is 0 Å². The molecule has 1 amide bonds. The third kappa shape index (κ3) is 3.76. The minimum atomic E-state index is -0.923. The molecule has 1 aromatic heterocycles. The van der Waals surface area contributed by atoms with Crippen LogP contribution in [-0.4, -0.2) is 45.2 Å². The van der Waals surface area contributed by atoms with Crippen LogP contribution in [0.15, 0.2) is 28.8 Å². The fraction of sp³-hybridized carbons (Fsp3) is 0.471. The Morgan fingerprint density at radius 3 is 2.57 bits per heavy atom. The fourth-order valence-electron chi connectivity index (χ4n) is 2.49. The van der Waals surface area contributed by atoms with Gasteiger partial charge in [-0.05, 0) is 51.0 Å². The highest BCUT2D eigenvalue weighted by molar-refractivity contribution is 5.94. The molecule has 1 fully saturated rings. The molecule has 1 aliphatic carbocycles. The molecule has 1 aromatic carbocycles. The summed E-state index contributed by atoms with van der Waals surface area (Å²) in [5.74, 6) is 1.56. The van der Waals surface area contributed by atoms with E-state index < -0.39 is 5.60 Å². The van der Waals surface area contributed by atoms with E-state index in [-0.39, 0.29) is 12.5 Å². The summed E-state index contributed by atoms with van der Waals surface area (Å²) >= 11 is 0. The van der Waals surface area contributed by atoms with Crippen molar-refractivity contribution in [1.82, 2.24) is 15.0 Å². The Kier molecular flexibility index (Phi) is 3.93. The highest BCUT2D eigenvalue weighted by atomic mass is 16.5. The van der Waals surface area contributed by atoms with Gasteiger partial charge in [-0.15, -0.1) is 0 Å². The Hall–Kier alpha value is -2.21. The predicted molar refractivity (Wildman–Crippen MR) is 85.0 cm³/mol. The van der Waals surface area contributed by atoms with Crippen LogP contribution in [0.1, 0.15) is 48.8 Å². The van der Waals surface area contributed by atoms with E-state index in [4.69, 9.17) is 4.52 Å². The number of amides is 1. The largest absolute Gasteiger partial charge is 0.389 e. The standard InChI is InChI=1S/C17H21N3O3/c1-17(2,22)10-20(3)16(21)13-8-6-12(7-9-13)15-18-14(19-23-15)11-4-5-11/h6-9,11,22H,4-5,10H2,1-3H3. The lowest BCUT2D eigenvalue weighted by atomic mass is 10.1. The summed E-state index contributed by atoms with van der Waals surface area (Å²) in [7, 11) is 1.67. The topological polar surface area (TPSA) is 79.5 Å². The lowest BCUT2D eigenvalue weighted by Crippen LogP contribution is -2.39. The zero-order valence-corrected chi connectivity index (χ0v) is 13.6. The van der Waals surface area contributed by atoms with Gasteiger partial charge in [0.15, 0.2) is 5.82 Å². The van der Waals surface area contributed by atoms with Crippen LogP contribution in [0.25, 0.3) is 11.5 Å². The van der Waals surface area contributed by atoms with Gasteiger partial charge >= 0.3 is 0 Å². The summed E-state index contributed by atoms with van der Waals surface area (Å²) in [5.41, 5.74) is 0.432. The van der Waals surface area contributed by atoms with Crippen LogP contribution in [0, 0.1) is 0 Å². The van der Waals surface area contributed by atoms with Crippen molar-refractivity contribution in [3.8, 4) is 11.5 Å². The number of hydrogen-bond donors (Lipinski definition) is 1. The van der Waals surface area contributed by atoms with Crippen molar-refractivity contribution in [2.24, 2.45) is 0 Å². The summed E-state index contributed by atoms with van der Waals surface area (Å²) < 4.78 is 5.28. The summed E-state index contributed by atoms with van der Waals surface area (Å²) in [4.78, 5) is 18.2. The molecule has 6 nitrogen and oxygen atoms in total. The molecule has 0 atom stereocenters. The molecule has 0 unspecified atom stereocenters. The highest BCUT2D eigenvalue weighted by Gasteiger charge is 2.29. The Labute approximate surface area is 135 Å². The number of likely N-dealkylation sites (N-methyl/N-ethyl adjacent to an activating group) is 1. The van der Waals surface area contributed by atoms with Gasteiger partial charge in [0.05, 0.1) is 5.60 Å². The zero-order valence-electron chi connectivity index (χ0n) is 13.6. The molecule has 3 rings (SSSR count). The Balaban J connectivity index is 1.71. The van der Waals surface area contributed by atoms with Gasteiger partial charge in [0.2, 0.25) is 0 Å². The van der Waals surface area contributed by atoms with Gasteiger partial charge in [-0.1, -0.05) is 5.16 Å². The SMILES string of the molecule is CN(CC(C)(C)O)C(=O)c1ccc(-c2nc(C3CC3)no2)cc1. The molecule has 1 N–H and O–H groups in total. The smallest absolute Gasteiger partial charge is 0.257 e. The number of aromatic nitrogens is 2. The van der Waals surface area contributed by atoms with Gasteiger partial charge < -0.3 is 14.5 Å². The van der Waals surface area contributed by atoms with E-state index in [0.717, 1.165) is 24.2 Å². The second-order valence-corrected chi connectivity index (χ2v) is 6.78. The average molecular weight is 315 g/mol. The predicted octanol–water partition coefficient (Wildman–Crippen LogP) is 2.46. The van der Waals surface area contributed by atoms with E-state index in [1.807, 2.05) is 0 Å². The maximum Gasteiger partial charge on any atom is 0.257 e. The van der Waals surface area contributed by atoms with E-state index in [2.05, 4.69) is 10.1 Å². The van der Waals surface area contributed by atoms with Crippen LogP contribution >= 0.6 is 0 Å². The Bertz CT molecular complexity index is 697. The summed E-state index contributed by atoms with van der Waals surface area (Å²) in [6, 6.07) is 7.07. The number of nitrogens with zero attached hydrogens (tertiary/aromatic N) is 3. The van der Waals surface area contributed by atoms with Gasteiger partial charge in [0.25, 0.3) is 11.8 Å². The molecule has 0 aliphatic heterocycles. The van der Waals surface area contributed by atoms with E-state index in [9.17, 15) is 9.90 Å². The van der Waals surface area contributed by atoms with Crippen molar-refractivity contribution in [1.29, 1.82) is 0 Å². The number of carbonyl (C=O) groups excluding carboxylic acids is 1. The van der Waals surface area contributed by atoms with Gasteiger partial charge in [-0.2, -0.15) is 4.98 Å². The van der Waals surface area contributed by atoms with Crippen LogP contribution in [0.2, 0.25) is 0 Å². The molecule has 0 saturated heterocycles. The Morgan fingerprint density at radius 1 is 1.35 bits per heavy atom. The third-order valence-corrected chi connectivity index (χ3v) is 3.73. The van der Waals surface area contributed by atoms with Gasteiger partial charge in [0.1, 0.15) is 0 Å². The molecule has 1 aliphatic rings. The number of hydrogen-bond acceptors (Lipinski definition) is 5. The number of rotatable bonds is 5. The van der Waals surface area contributed by atoms with Crippen LogP contribution in [-0.2, 0) is 0 Å². The average Bonchev–Trinajstić information content (AvgIpc) is 3.22. The molecule has 0 bridgehead atoms. The third-order valence-electron chi connectivity index (χ3n) is 3.73. The minimum Gasteiger partial charge on any atom is -0.389 e. The van der Waals surface area contributed by atoms with Crippen LogP contribution in [0.4, 0.5) is 0 Å². The molecule has 122 valence electrons. The first kappa shape index (κ1) is 15.7. The zero-order chi connectivity index (χ0) is 16.6. The lowest BCUT2D eigenvalue weighted by molar-refractivity contribution is 0.0368. The van der Waals surface area contributed by atoms with Crippen molar-refractivity contribution in [3.63, 3.8) is 0 Å². The van der Waals surface area contributed by atoms with Crippen molar-refractivity contribution in [3.05, 3.63) is 35.7 Å². The number of aliphatic hydroxyl groups is 1. The first-order valence-corrected chi connectivity index (χ1v) is 7.75. The van der Waals surface area contributed by atoms with Crippen molar-refractivity contribution >= 4 is 5.91 Å². The summed E-state index contributed by atoms with van der Waals surface area (Å²) in [6.07, 6.45) is 2.25. The number of carbonyl (C=O) groups is 1. The van der Waals surface area contributed by atoms with E-state index in [1.165, 1.54) is 4.90 Å². The van der Waals surface area contributed by atoms with Gasteiger partial charge in [-0.25, -0.2) is 0 Å². The molecule has 23 heavy (non-hydrogen) atoms. The van der Waals surface area contributed by atoms with Crippen molar-refractivity contribution in [2.45, 2.75) is 38.2 Å². The van der Waals surface area contributed by atoms with E-state index in [0.29, 0.717) is 17.4 Å². The van der Waals surface area contributed by atoms with Gasteiger partial charge in [-0.3, -0.25) is 4.79 Å². The summed E-state index contributed by atoms with van der Waals surface area (Å²) in [5, 5.41) is 13.8. The second-order valence-electron chi connectivity index (χ2n) is 6.78. The maximum absolute atomic E-state index is 12.3. The van der Waals surface area contributed by atoms with Crippen molar-refractivity contribution < 1.29 is 14.4 Å². The first-order valence-electron chi connectivity index (χ1n) is 7.75. The highest BCUT2D eigenvalue weighted by Crippen LogP contribution is 2.38. The van der Waals surface area contributed by atoms with E-state index >= 15 is 0 Å². The Morgan fingerprint density at radius 2 is 2.00 bits per heavy atom. The lowest BCUT2D eigenvalue weighted by Gasteiger charge is -2.25. The van der Waals surface area contributed by atoms with Gasteiger partial charge in [0, 0.05) is 30.6 Å². The normalized spacial score (nSPS) is 14.8. The molecule has 2 aromatic rings. The van der Waals surface area contributed by atoms with Crippen LogP contribution in [0.5, 0.6) is 0 Å². The van der Waals surface area contributed by atoms with E-state index in [1.54, 1.807) is 45.2 Å². The molecular formula is C17H21N3O3. The molecular weight excluding hydrogens is 294 g/mol. The number of benzene rings is 1. The molecule has 1 saturated carbocycles. The molecule has 0 radical (unpaired) electrons. The monoisotopic (exact) mass is 315 g/mol. The molecule has 6 heteroatoms. The molecule has 1 heterocycles. The fourth-order valence-corrected chi connectivity index (χ4v) is 2.49. The summed E-state index contributed by atoms with van der Waals surface area (Å²) in [6.45, 7) is 3.61. The second kappa shape index (κ2) is 5.77. The molecule has 0 spiro atoms. The maximum atomic E-state index is 12.3. The van der Waals surface area contributed by atoms with Crippen LogP contribution < -0.4 is 0 Å². The quantitative estimate of drug-likeness (QED) is 0.917. The first-order chi connectivity index (χ1) is 10.8. The van der Waals surface area contributed by atoms with Crippen molar-refractivity contribution in [2.75, 3.05) is 13.6 Å². The minimum absolute atomic E-state index is 0.136.